The minimum Gasteiger partial charge on any atom is -0.491 e. The molecule has 1 amide bonds. The van der Waals surface area contributed by atoms with E-state index in [2.05, 4.69) is 5.32 Å². The van der Waals surface area contributed by atoms with E-state index in [4.69, 9.17) is 19.3 Å². The number of amides is 1. The number of anilines is 1. The smallest absolute Gasteiger partial charge is 0.341 e. The number of hydrogen-bond acceptors (Lipinski definition) is 5. The first-order valence-corrected chi connectivity index (χ1v) is 8.70. The molecule has 0 bridgehead atoms. The summed E-state index contributed by atoms with van der Waals surface area (Å²) >= 11 is 0. The lowest BCUT2D eigenvalue weighted by Gasteiger charge is -2.12. The molecular formula is C20H21NO6. The van der Waals surface area contributed by atoms with E-state index in [1.165, 1.54) is 0 Å². The number of hydrogen-bond donors (Lipinski definition) is 2. The molecule has 1 aliphatic rings. The van der Waals surface area contributed by atoms with Crippen molar-refractivity contribution < 1.29 is 28.9 Å². The lowest BCUT2D eigenvalue weighted by atomic mass is 10.2. The predicted octanol–water partition coefficient (Wildman–Crippen LogP) is 2.96. The molecule has 0 aromatic heterocycles. The van der Waals surface area contributed by atoms with Crippen LogP contribution in [0.1, 0.15) is 23.2 Å². The van der Waals surface area contributed by atoms with Gasteiger partial charge in [-0.25, -0.2) is 4.79 Å². The van der Waals surface area contributed by atoms with Gasteiger partial charge in [-0.05, 0) is 43.2 Å². The second kappa shape index (κ2) is 9.05. The Morgan fingerprint density at radius 1 is 1.11 bits per heavy atom. The molecule has 2 aromatic carbocycles. The molecule has 27 heavy (non-hydrogen) atoms. The number of carbonyl (C=O) groups excluding carboxylic acids is 1. The topological polar surface area (TPSA) is 94.1 Å². The Morgan fingerprint density at radius 2 is 1.89 bits per heavy atom. The van der Waals surface area contributed by atoms with Crippen LogP contribution < -0.4 is 14.8 Å². The van der Waals surface area contributed by atoms with Crippen molar-refractivity contribution in [2.24, 2.45) is 0 Å². The van der Waals surface area contributed by atoms with Gasteiger partial charge in [0.2, 0.25) is 0 Å². The van der Waals surface area contributed by atoms with Gasteiger partial charge in [-0.2, -0.15) is 0 Å². The molecule has 2 aromatic rings. The number of carbonyl (C=O) groups is 2. The van der Waals surface area contributed by atoms with E-state index < -0.39 is 12.6 Å². The molecule has 1 unspecified atom stereocenters. The highest BCUT2D eigenvalue weighted by Crippen LogP contribution is 2.20. The third-order valence-corrected chi connectivity index (χ3v) is 4.01. The molecule has 3 rings (SSSR count). The SMILES string of the molecule is O=C(O)COc1cccc(NC(=O)c2cccc(OCC3CCCO3)c2)c1. The van der Waals surface area contributed by atoms with Crippen molar-refractivity contribution >= 4 is 17.6 Å². The highest BCUT2D eigenvalue weighted by molar-refractivity contribution is 6.04. The fourth-order valence-electron chi connectivity index (χ4n) is 2.70. The molecule has 142 valence electrons. The van der Waals surface area contributed by atoms with Gasteiger partial charge < -0.3 is 24.6 Å². The molecule has 0 radical (unpaired) electrons. The van der Waals surface area contributed by atoms with Crippen LogP contribution in [-0.2, 0) is 9.53 Å². The molecule has 0 spiro atoms. The van der Waals surface area contributed by atoms with Gasteiger partial charge in [0.1, 0.15) is 18.1 Å². The molecule has 1 atom stereocenters. The van der Waals surface area contributed by atoms with Gasteiger partial charge in [0.15, 0.2) is 6.61 Å². The second-order valence-corrected chi connectivity index (χ2v) is 6.14. The zero-order valence-corrected chi connectivity index (χ0v) is 14.7. The maximum Gasteiger partial charge on any atom is 0.341 e. The van der Waals surface area contributed by atoms with Crippen LogP contribution in [0.2, 0.25) is 0 Å². The first-order chi connectivity index (χ1) is 13.1. The van der Waals surface area contributed by atoms with Crippen molar-refractivity contribution in [1.82, 2.24) is 0 Å². The highest BCUT2D eigenvalue weighted by Gasteiger charge is 2.16. The van der Waals surface area contributed by atoms with Crippen LogP contribution >= 0.6 is 0 Å². The number of nitrogens with one attached hydrogen (secondary N) is 1. The lowest BCUT2D eigenvalue weighted by Crippen LogP contribution is -2.17. The van der Waals surface area contributed by atoms with Gasteiger partial charge in [-0.3, -0.25) is 4.79 Å². The summed E-state index contributed by atoms with van der Waals surface area (Å²) in [5.41, 5.74) is 0.963. The Kier molecular flexibility index (Phi) is 6.27. The standard InChI is InChI=1S/C20H21NO6/c22-19(23)13-27-17-7-2-5-15(11-17)21-20(24)14-4-1-6-16(10-14)26-12-18-8-3-9-25-18/h1-2,4-7,10-11,18H,3,8-9,12-13H2,(H,21,24)(H,22,23). The van der Waals surface area contributed by atoms with Crippen LogP contribution in [-0.4, -0.2) is 42.9 Å². The van der Waals surface area contributed by atoms with Crippen LogP contribution in [0.15, 0.2) is 48.5 Å². The van der Waals surface area contributed by atoms with Gasteiger partial charge in [-0.15, -0.1) is 0 Å². The molecule has 0 aliphatic carbocycles. The van der Waals surface area contributed by atoms with Gasteiger partial charge >= 0.3 is 5.97 Å². The molecule has 7 heteroatoms. The van der Waals surface area contributed by atoms with Gasteiger partial charge in [-0.1, -0.05) is 12.1 Å². The minimum absolute atomic E-state index is 0.107. The summed E-state index contributed by atoms with van der Waals surface area (Å²) in [5, 5.41) is 11.4. The molecule has 0 saturated carbocycles. The Bertz CT molecular complexity index is 801. The number of carboxylic acid groups (broad SMARTS) is 1. The van der Waals surface area contributed by atoms with E-state index in [1.807, 2.05) is 0 Å². The Hall–Kier alpha value is -3.06. The molecular weight excluding hydrogens is 350 g/mol. The average Bonchev–Trinajstić information content (AvgIpc) is 3.19. The quantitative estimate of drug-likeness (QED) is 0.741. The van der Waals surface area contributed by atoms with Gasteiger partial charge in [0.05, 0.1) is 6.10 Å². The normalized spacial score (nSPS) is 15.9. The van der Waals surface area contributed by atoms with Crippen molar-refractivity contribution in [2.45, 2.75) is 18.9 Å². The van der Waals surface area contributed by atoms with Crippen LogP contribution in [0, 0.1) is 0 Å². The van der Waals surface area contributed by atoms with Gasteiger partial charge in [0.25, 0.3) is 5.91 Å². The average molecular weight is 371 g/mol. The number of ether oxygens (including phenoxy) is 3. The number of carboxylic acids is 1. The van der Waals surface area contributed by atoms with Crippen molar-refractivity contribution in [2.75, 3.05) is 25.1 Å². The van der Waals surface area contributed by atoms with E-state index in [0.717, 1.165) is 19.4 Å². The number of aliphatic carboxylic acids is 1. The second-order valence-electron chi connectivity index (χ2n) is 6.14. The van der Waals surface area contributed by atoms with E-state index in [1.54, 1.807) is 48.5 Å². The summed E-state index contributed by atoms with van der Waals surface area (Å²) in [6.45, 7) is 0.793. The van der Waals surface area contributed by atoms with E-state index in [9.17, 15) is 9.59 Å². The molecule has 1 heterocycles. The number of benzene rings is 2. The first kappa shape index (κ1) is 18.7. The Morgan fingerprint density at radius 3 is 2.63 bits per heavy atom. The van der Waals surface area contributed by atoms with Crippen molar-refractivity contribution in [3.63, 3.8) is 0 Å². The van der Waals surface area contributed by atoms with Crippen molar-refractivity contribution in [1.29, 1.82) is 0 Å². The van der Waals surface area contributed by atoms with E-state index in [-0.39, 0.29) is 12.0 Å². The monoisotopic (exact) mass is 371 g/mol. The number of rotatable bonds is 8. The fourth-order valence-corrected chi connectivity index (χ4v) is 2.70. The van der Waals surface area contributed by atoms with E-state index >= 15 is 0 Å². The largest absolute Gasteiger partial charge is 0.491 e. The van der Waals surface area contributed by atoms with Crippen LogP contribution in [0.25, 0.3) is 0 Å². The Labute approximate surface area is 156 Å². The highest BCUT2D eigenvalue weighted by atomic mass is 16.5. The maximum absolute atomic E-state index is 12.5. The van der Waals surface area contributed by atoms with Crippen molar-refractivity contribution in [3.8, 4) is 11.5 Å². The summed E-state index contributed by atoms with van der Waals surface area (Å²) < 4.78 is 16.4. The lowest BCUT2D eigenvalue weighted by molar-refractivity contribution is -0.139. The summed E-state index contributed by atoms with van der Waals surface area (Å²) in [6, 6.07) is 13.5. The summed E-state index contributed by atoms with van der Waals surface area (Å²) in [5.74, 6) is -0.391. The third kappa shape index (κ3) is 5.72. The van der Waals surface area contributed by atoms with E-state index in [0.29, 0.717) is 29.4 Å². The summed E-state index contributed by atoms with van der Waals surface area (Å²) in [6.07, 6.45) is 2.14. The molecule has 2 N–H and O–H groups in total. The predicted molar refractivity (Wildman–Crippen MR) is 98.4 cm³/mol. The van der Waals surface area contributed by atoms with Crippen LogP contribution in [0.5, 0.6) is 11.5 Å². The van der Waals surface area contributed by atoms with Crippen LogP contribution in [0.3, 0.4) is 0 Å². The molecule has 1 saturated heterocycles. The van der Waals surface area contributed by atoms with Gasteiger partial charge in [0, 0.05) is 23.9 Å². The zero-order valence-electron chi connectivity index (χ0n) is 14.7. The third-order valence-electron chi connectivity index (χ3n) is 4.01. The Balaban J connectivity index is 1.59. The minimum atomic E-state index is -1.07. The first-order valence-electron chi connectivity index (χ1n) is 8.70. The van der Waals surface area contributed by atoms with Crippen LogP contribution in [0.4, 0.5) is 5.69 Å². The maximum atomic E-state index is 12.5. The molecule has 7 nitrogen and oxygen atoms in total. The molecule has 1 fully saturated rings. The summed E-state index contributed by atoms with van der Waals surface area (Å²) in [4.78, 5) is 23.1. The molecule has 1 aliphatic heterocycles. The van der Waals surface area contributed by atoms with Crippen molar-refractivity contribution in [3.05, 3.63) is 54.1 Å². The zero-order chi connectivity index (χ0) is 19.1. The fraction of sp³-hybridized carbons (Fsp3) is 0.300. The summed E-state index contributed by atoms with van der Waals surface area (Å²) in [7, 11) is 0.